The van der Waals surface area contributed by atoms with Crippen LogP contribution in [0, 0.1) is 13.8 Å². The average molecular weight is 372 g/mol. The van der Waals surface area contributed by atoms with Crippen LogP contribution in [0.1, 0.15) is 31.8 Å². The summed E-state index contributed by atoms with van der Waals surface area (Å²) in [6, 6.07) is 7.34. The Morgan fingerprint density at radius 2 is 1.68 bits per heavy atom. The Morgan fingerprint density at radius 1 is 1.08 bits per heavy atom. The van der Waals surface area contributed by atoms with E-state index in [0.29, 0.717) is 11.1 Å². The molecule has 7 nitrogen and oxygen atoms in total. The second kappa shape index (κ2) is 8.11. The van der Waals surface area contributed by atoms with Gasteiger partial charge in [0.2, 0.25) is 0 Å². The second-order valence-corrected chi connectivity index (χ2v) is 6.52. The minimum Gasteiger partial charge on any atom is -0.545 e. The number of hydrogen-bond acceptors (Lipinski definition) is 6. The maximum Gasteiger partial charge on any atom is 1.00 e. The first-order chi connectivity index (χ1) is 11.1. The topological polar surface area (TPSA) is 121 Å². The molecule has 0 saturated carbocycles. The fraction of sp³-hybridized carbons (Fsp3) is 0.125. The summed E-state index contributed by atoms with van der Waals surface area (Å²) in [5.74, 6) is -2.36. The number of rotatable bonds is 4. The van der Waals surface area contributed by atoms with E-state index < -0.39 is 27.0 Å². The maximum atomic E-state index is 12.2. The van der Waals surface area contributed by atoms with Crippen molar-refractivity contribution in [3.63, 3.8) is 0 Å². The Bertz CT molecular complexity index is 935. The van der Waals surface area contributed by atoms with Crippen molar-refractivity contribution in [3.8, 4) is 5.75 Å². The zero-order valence-electron chi connectivity index (χ0n) is 13.8. The number of benzene rings is 2. The van der Waals surface area contributed by atoms with Gasteiger partial charge in [-0.1, -0.05) is 12.1 Å². The third-order valence-corrected chi connectivity index (χ3v) is 4.26. The van der Waals surface area contributed by atoms with Crippen LogP contribution in [-0.2, 0) is 10.1 Å². The van der Waals surface area contributed by atoms with Gasteiger partial charge in [-0.2, -0.15) is 8.42 Å². The first kappa shape index (κ1) is 21.3. The van der Waals surface area contributed by atoms with Gasteiger partial charge in [-0.05, 0) is 48.7 Å². The van der Waals surface area contributed by atoms with Crippen molar-refractivity contribution < 1.29 is 62.0 Å². The van der Waals surface area contributed by atoms with E-state index in [2.05, 4.69) is 0 Å². The number of aryl methyl sites for hydroxylation is 1. The Morgan fingerprint density at radius 3 is 2.24 bits per heavy atom. The molecule has 0 bridgehead atoms. The molecule has 0 radical (unpaired) electrons. The third kappa shape index (κ3) is 5.13. The molecule has 9 heteroatoms. The maximum absolute atomic E-state index is 12.2. The van der Waals surface area contributed by atoms with Crippen LogP contribution >= 0.6 is 0 Å². The molecule has 25 heavy (non-hydrogen) atoms. The molecule has 126 valence electrons. The van der Waals surface area contributed by atoms with E-state index in [1.165, 1.54) is 24.3 Å². The van der Waals surface area contributed by atoms with Crippen molar-refractivity contribution in [1.29, 1.82) is 0 Å². The summed E-state index contributed by atoms with van der Waals surface area (Å²) < 4.78 is 36.8. The largest absolute Gasteiger partial charge is 1.00 e. The summed E-state index contributed by atoms with van der Waals surface area (Å²) in [4.78, 5) is 22.6. The molecule has 0 amide bonds. The molecule has 0 spiro atoms. The van der Waals surface area contributed by atoms with E-state index in [4.69, 9.17) is 9.29 Å². The van der Waals surface area contributed by atoms with Gasteiger partial charge in [0, 0.05) is 6.07 Å². The number of hydrogen-bond donors (Lipinski definition) is 1. The van der Waals surface area contributed by atoms with Crippen LogP contribution in [0.15, 0.2) is 41.3 Å². The van der Waals surface area contributed by atoms with Gasteiger partial charge in [0.25, 0.3) is 10.1 Å². The van der Waals surface area contributed by atoms with Crippen molar-refractivity contribution in [2.45, 2.75) is 18.7 Å². The van der Waals surface area contributed by atoms with Gasteiger partial charge in [0.1, 0.15) is 5.75 Å². The normalized spacial score (nSPS) is 10.7. The van der Waals surface area contributed by atoms with Gasteiger partial charge in [-0.25, -0.2) is 4.79 Å². The summed E-state index contributed by atoms with van der Waals surface area (Å²) >= 11 is 0. The van der Waals surface area contributed by atoms with Gasteiger partial charge < -0.3 is 14.6 Å². The van der Waals surface area contributed by atoms with Gasteiger partial charge in [0.05, 0.1) is 16.4 Å². The standard InChI is InChI=1S/C16H14O7S.Na/c1-9-6-13(24(20,21)22)8-14(10(9)2)23-16(19)12-5-3-4-11(7-12)15(17)18;/h3-8H,1-2H3,(H,17,18)(H,20,21,22);/q;+1/p-1. The van der Waals surface area contributed by atoms with Crippen molar-refractivity contribution in [1.82, 2.24) is 0 Å². The van der Waals surface area contributed by atoms with Crippen LogP contribution in [0.25, 0.3) is 0 Å². The molecule has 0 unspecified atom stereocenters. The average Bonchev–Trinajstić information content (AvgIpc) is 2.50. The molecule has 0 fully saturated rings. The van der Waals surface area contributed by atoms with Crippen LogP contribution in [0.2, 0.25) is 0 Å². The molecule has 0 saturated heterocycles. The van der Waals surface area contributed by atoms with Gasteiger partial charge in [-0.15, -0.1) is 0 Å². The van der Waals surface area contributed by atoms with Crippen LogP contribution < -0.4 is 39.4 Å². The van der Waals surface area contributed by atoms with Crippen molar-refractivity contribution in [3.05, 3.63) is 58.7 Å². The molecule has 0 aromatic heterocycles. The van der Waals surface area contributed by atoms with Gasteiger partial charge >= 0.3 is 35.5 Å². The predicted octanol–water partition coefficient (Wildman–Crippen LogP) is -1.86. The Labute approximate surface area is 166 Å². The molecule has 0 aliphatic carbocycles. The quantitative estimate of drug-likeness (QED) is 0.289. The fourth-order valence-electron chi connectivity index (χ4n) is 1.98. The Hall–Kier alpha value is -1.71. The minimum absolute atomic E-state index is 0. The molecule has 2 rings (SSSR count). The molecule has 0 aliphatic heterocycles. The molecule has 0 heterocycles. The van der Waals surface area contributed by atoms with E-state index in [0.717, 1.165) is 12.1 Å². The summed E-state index contributed by atoms with van der Waals surface area (Å²) in [7, 11) is -4.46. The SMILES string of the molecule is Cc1cc(S(=O)(=O)O)cc(OC(=O)c2cccc(C(=O)[O-])c2)c1C.[Na+]. The number of ether oxygens (including phenoxy) is 1. The molecular formula is C16H13NaO7S. The van der Waals surface area contributed by atoms with Crippen LogP contribution in [0.5, 0.6) is 5.75 Å². The number of esters is 1. The van der Waals surface area contributed by atoms with Crippen LogP contribution in [-0.4, -0.2) is 24.9 Å². The smallest absolute Gasteiger partial charge is 0.545 e. The van der Waals surface area contributed by atoms with Crippen molar-refractivity contribution in [2.75, 3.05) is 0 Å². The van der Waals surface area contributed by atoms with Gasteiger partial charge in [0.15, 0.2) is 0 Å². The van der Waals surface area contributed by atoms with Gasteiger partial charge in [-0.3, -0.25) is 4.55 Å². The monoisotopic (exact) mass is 372 g/mol. The number of aromatic carboxylic acids is 1. The van der Waals surface area contributed by atoms with E-state index >= 15 is 0 Å². The summed E-state index contributed by atoms with van der Waals surface area (Å²) in [6.07, 6.45) is 0. The first-order valence-electron chi connectivity index (χ1n) is 6.72. The summed E-state index contributed by atoms with van der Waals surface area (Å²) in [5, 5.41) is 10.8. The minimum atomic E-state index is -4.46. The first-order valence-corrected chi connectivity index (χ1v) is 8.16. The molecule has 2 aromatic rings. The van der Waals surface area contributed by atoms with E-state index in [-0.39, 0.29) is 46.4 Å². The number of carboxylic acids is 1. The van der Waals surface area contributed by atoms with E-state index in [9.17, 15) is 23.1 Å². The number of carboxylic acid groups (broad SMARTS) is 1. The Kier molecular flexibility index (Phi) is 6.92. The number of carbonyl (C=O) groups excluding carboxylic acids is 2. The Balaban J connectivity index is 0.00000312. The van der Waals surface area contributed by atoms with Crippen molar-refractivity contribution in [2.24, 2.45) is 0 Å². The molecule has 1 N–H and O–H groups in total. The van der Waals surface area contributed by atoms with E-state index in [1.807, 2.05) is 0 Å². The molecule has 2 aromatic carbocycles. The van der Waals surface area contributed by atoms with Crippen molar-refractivity contribution >= 4 is 22.1 Å². The fourth-order valence-corrected chi connectivity index (χ4v) is 2.56. The zero-order chi connectivity index (χ0) is 18.1. The van der Waals surface area contributed by atoms with E-state index in [1.54, 1.807) is 13.8 Å². The number of carbonyl (C=O) groups is 2. The molecule has 0 atom stereocenters. The molecular weight excluding hydrogens is 359 g/mol. The second-order valence-electron chi connectivity index (χ2n) is 5.10. The summed E-state index contributed by atoms with van der Waals surface area (Å²) in [5.41, 5.74) is 0.776. The van der Waals surface area contributed by atoms with Crippen LogP contribution in [0.3, 0.4) is 0 Å². The summed E-state index contributed by atoms with van der Waals surface area (Å²) in [6.45, 7) is 3.21. The molecule has 0 aliphatic rings. The third-order valence-electron chi connectivity index (χ3n) is 3.43. The van der Waals surface area contributed by atoms with Crippen LogP contribution in [0.4, 0.5) is 0 Å². The zero-order valence-corrected chi connectivity index (χ0v) is 16.6. The predicted molar refractivity (Wildman–Crippen MR) is 81.5 cm³/mol.